The van der Waals surface area contributed by atoms with Gasteiger partial charge in [0.15, 0.2) is 6.29 Å². The molecule has 1 aliphatic rings. The van der Waals surface area contributed by atoms with Gasteiger partial charge in [0.05, 0.1) is 6.20 Å². The first-order valence-electron chi connectivity index (χ1n) is 4.31. The summed E-state index contributed by atoms with van der Waals surface area (Å²) in [6.07, 6.45) is 7.70. The minimum Gasteiger partial charge on any atom is -0.298 e. The van der Waals surface area contributed by atoms with E-state index in [2.05, 4.69) is 4.37 Å². The summed E-state index contributed by atoms with van der Waals surface area (Å²) in [6.45, 7) is 0. The summed E-state index contributed by atoms with van der Waals surface area (Å²) in [6, 6.07) is 0. The number of rotatable bonds is 2. The van der Waals surface area contributed by atoms with Crippen molar-refractivity contribution < 1.29 is 4.79 Å². The summed E-state index contributed by atoms with van der Waals surface area (Å²) in [7, 11) is 0. The van der Waals surface area contributed by atoms with Crippen LogP contribution in [-0.2, 0) is 0 Å². The van der Waals surface area contributed by atoms with Crippen molar-refractivity contribution in [3.63, 3.8) is 0 Å². The molecule has 0 bridgehead atoms. The molecular weight excluding hydrogens is 170 g/mol. The Bertz CT molecular complexity index is 276. The van der Waals surface area contributed by atoms with E-state index in [0.29, 0.717) is 5.92 Å². The standard InChI is InChI=1S/C9H11NOS/c11-6-8-5-10-12-9(8)7-3-1-2-4-7/h5-7H,1-4H2. The molecule has 0 aromatic carbocycles. The van der Waals surface area contributed by atoms with Crippen molar-refractivity contribution in [1.29, 1.82) is 0 Å². The number of carbonyl (C=O) groups is 1. The van der Waals surface area contributed by atoms with Gasteiger partial charge in [0.2, 0.25) is 0 Å². The van der Waals surface area contributed by atoms with E-state index in [1.807, 2.05) is 0 Å². The third kappa shape index (κ3) is 1.29. The van der Waals surface area contributed by atoms with E-state index in [1.54, 1.807) is 6.20 Å². The molecule has 1 aromatic rings. The lowest BCUT2D eigenvalue weighted by atomic mass is 10.0. The normalized spacial score (nSPS) is 18.3. The number of aromatic nitrogens is 1. The molecule has 0 saturated heterocycles. The zero-order valence-corrected chi connectivity index (χ0v) is 7.64. The van der Waals surface area contributed by atoms with Gasteiger partial charge in [0, 0.05) is 10.4 Å². The fourth-order valence-electron chi connectivity index (χ4n) is 1.84. The molecule has 1 aromatic heterocycles. The predicted molar refractivity (Wildman–Crippen MR) is 48.7 cm³/mol. The van der Waals surface area contributed by atoms with Crippen molar-refractivity contribution in [3.05, 3.63) is 16.6 Å². The van der Waals surface area contributed by atoms with Gasteiger partial charge in [-0.3, -0.25) is 4.79 Å². The summed E-state index contributed by atoms with van der Waals surface area (Å²) in [5.41, 5.74) is 0.812. The van der Waals surface area contributed by atoms with E-state index >= 15 is 0 Å². The Morgan fingerprint density at radius 3 is 2.92 bits per heavy atom. The summed E-state index contributed by atoms with van der Waals surface area (Å²) in [5, 5.41) is 0. The Balaban J connectivity index is 2.25. The Hall–Kier alpha value is -0.700. The summed E-state index contributed by atoms with van der Waals surface area (Å²) in [5.74, 6) is 0.623. The minimum absolute atomic E-state index is 0.623. The van der Waals surface area contributed by atoms with Gasteiger partial charge in [0.25, 0.3) is 0 Å². The highest BCUT2D eigenvalue weighted by Crippen LogP contribution is 2.37. The van der Waals surface area contributed by atoms with E-state index in [4.69, 9.17) is 0 Å². The number of aldehydes is 1. The van der Waals surface area contributed by atoms with Gasteiger partial charge in [-0.1, -0.05) is 12.8 Å². The second-order valence-electron chi connectivity index (χ2n) is 3.24. The Kier molecular flexibility index (Phi) is 2.21. The molecule has 0 aliphatic heterocycles. The van der Waals surface area contributed by atoms with Crippen LogP contribution in [0.4, 0.5) is 0 Å². The second kappa shape index (κ2) is 3.35. The van der Waals surface area contributed by atoms with Gasteiger partial charge in [-0.05, 0) is 30.3 Å². The third-order valence-electron chi connectivity index (χ3n) is 2.48. The fourth-order valence-corrected chi connectivity index (χ4v) is 2.71. The van der Waals surface area contributed by atoms with Crippen LogP contribution in [0.3, 0.4) is 0 Å². The molecule has 0 radical (unpaired) electrons. The molecular formula is C9H11NOS. The maximum atomic E-state index is 10.6. The molecule has 0 unspecified atom stereocenters. The largest absolute Gasteiger partial charge is 0.298 e. The number of hydrogen-bond donors (Lipinski definition) is 0. The highest BCUT2D eigenvalue weighted by molar-refractivity contribution is 7.06. The zero-order valence-electron chi connectivity index (χ0n) is 6.82. The Morgan fingerprint density at radius 2 is 2.25 bits per heavy atom. The molecule has 0 atom stereocenters. The molecule has 0 spiro atoms. The maximum Gasteiger partial charge on any atom is 0.152 e. The van der Waals surface area contributed by atoms with Crippen LogP contribution in [-0.4, -0.2) is 10.7 Å². The highest BCUT2D eigenvalue weighted by Gasteiger charge is 2.21. The topological polar surface area (TPSA) is 30.0 Å². The molecule has 1 heterocycles. The van der Waals surface area contributed by atoms with Gasteiger partial charge in [-0.2, -0.15) is 0 Å². The molecule has 64 valence electrons. The van der Waals surface area contributed by atoms with E-state index in [1.165, 1.54) is 42.1 Å². The second-order valence-corrected chi connectivity index (χ2v) is 4.08. The van der Waals surface area contributed by atoms with Crippen LogP contribution >= 0.6 is 11.5 Å². The van der Waals surface area contributed by atoms with Crippen molar-refractivity contribution in [2.75, 3.05) is 0 Å². The molecule has 2 nitrogen and oxygen atoms in total. The first-order valence-corrected chi connectivity index (χ1v) is 5.09. The minimum atomic E-state index is 0.623. The van der Waals surface area contributed by atoms with Crippen LogP contribution in [0, 0.1) is 0 Å². The molecule has 1 saturated carbocycles. The number of nitrogens with zero attached hydrogens (tertiary/aromatic N) is 1. The zero-order chi connectivity index (χ0) is 8.39. The lowest BCUT2D eigenvalue weighted by Crippen LogP contribution is -1.92. The van der Waals surface area contributed by atoms with E-state index < -0.39 is 0 Å². The van der Waals surface area contributed by atoms with Crippen molar-refractivity contribution >= 4 is 17.8 Å². The third-order valence-corrected chi connectivity index (χ3v) is 3.46. The van der Waals surface area contributed by atoms with Crippen LogP contribution in [0.15, 0.2) is 6.20 Å². The van der Waals surface area contributed by atoms with E-state index in [-0.39, 0.29) is 0 Å². The smallest absolute Gasteiger partial charge is 0.152 e. The first-order chi connectivity index (χ1) is 5.92. The van der Waals surface area contributed by atoms with Crippen LogP contribution in [0.2, 0.25) is 0 Å². The highest BCUT2D eigenvalue weighted by atomic mass is 32.1. The first kappa shape index (κ1) is 7.92. The Labute approximate surface area is 75.8 Å². The summed E-state index contributed by atoms with van der Waals surface area (Å²) in [4.78, 5) is 11.8. The summed E-state index contributed by atoms with van der Waals surface area (Å²) >= 11 is 1.49. The molecule has 2 rings (SSSR count). The van der Waals surface area contributed by atoms with Gasteiger partial charge in [-0.15, -0.1) is 0 Å². The fraction of sp³-hybridized carbons (Fsp3) is 0.556. The van der Waals surface area contributed by atoms with Crippen LogP contribution in [0.1, 0.15) is 46.8 Å². The van der Waals surface area contributed by atoms with Crippen LogP contribution < -0.4 is 0 Å². The van der Waals surface area contributed by atoms with E-state index in [0.717, 1.165) is 11.8 Å². The molecule has 3 heteroatoms. The van der Waals surface area contributed by atoms with Gasteiger partial charge in [0.1, 0.15) is 0 Å². The van der Waals surface area contributed by atoms with Crippen molar-refractivity contribution in [3.8, 4) is 0 Å². The Morgan fingerprint density at radius 1 is 1.50 bits per heavy atom. The average molecular weight is 181 g/mol. The predicted octanol–water partition coefficient (Wildman–Crippen LogP) is 2.61. The number of carbonyl (C=O) groups excluding carboxylic acids is 1. The lowest BCUT2D eigenvalue weighted by Gasteiger charge is -2.04. The molecule has 0 amide bonds. The van der Waals surface area contributed by atoms with Crippen molar-refractivity contribution in [2.24, 2.45) is 0 Å². The SMILES string of the molecule is O=Cc1cnsc1C1CCCC1. The lowest BCUT2D eigenvalue weighted by molar-refractivity contribution is 0.112. The van der Waals surface area contributed by atoms with Gasteiger partial charge in [-0.25, -0.2) is 4.37 Å². The molecule has 0 N–H and O–H groups in total. The van der Waals surface area contributed by atoms with Gasteiger partial charge < -0.3 is 0 Å². The average Bonchev–Trinajstić information content (AvgIpc) is 2.74. The number of hydrogen-bond acceptors (Lipinski definition) is 3. The van der Waals surface area contributed by atoms with Crippen molar-refractivity contribution in [2.45, 2.75) is 31.6 Å². The molecule has 1 aliphatic carbocycles. The van der Waals surface area contributed by atoms with Gasteiger partial charge >= 0.3 is 0 Å². The van der Waals surface area contributed by atoms with Crippen LogP contribution in [0.25, 0.3) is 0 Å². The van der Waals surface area contributed by atoms with Crippen molar-refractivity contribution in [1.82, 2.24) is 4.37 Å². The maximum absolute atomic E-state index is 10.6. The quantitative estimate of drug-likeness (QED) is 0.656. The molecule has 1 fully saturated rings. The van der Waals surface area contributed by atoms with E-state index in [9.17, 15) is 4.79 Å². The van der Waals surface area contributed by atoms with Crippen LogP contribution in [0.5, 0.6) is 0 Å². The summed E-state index contributed by atoms with van der Waals surface area (Å²) < 4.78 is 4.05. The molecule has 12 heavy (non-hydrogen) atoms. The monoisotopic (exact) mass is 181 g/mol.